The van der Waals surface area contributed by atoms with Crippen LogP contribution in [0.1, 0.15) is 143 Å². The number of nitrogens with two attached hydrogens (primary N) is 1. The molecule has 0 aromatic carbocycles. The van der Waals surface area contributed by atoms with Crippen LogP contribution in [0.5, 0.6) is 0 Å². The molecular formula is C29H58N2O3. The Morgan fingerprint density at radius 1 is 0.676 bits per heavy atom. The van der Waals surface area contributed by atoms with Gasteiger partial charge < -0.3 is 15.4 Å². The van der Waals surface area contributed by atoms with Crippen LogP contribution in [0.3, 0.4) is 0 Å². The van der Waals surface area contributed by atoms with Crippen molar-refractivity contribution < 1.29 is 14.3 Å². The van der Waals surface area contributed by atoms with E-state index in [1.165, 1.54) is 120 Å². The number of ether oxygens (including phenoxy) is 1. The van der Waals surface area contributed by atoms with E-state index in [2.05, 4.69) is 20.8 Å². The number of primary amides is 1. The largest absolute Gasteiger partial charge is 0.367 e. The van der Waals surface area contributed by atoms with E-state index in [-0.39, 0.29) is 11.3 Å². The Balaban J connectivity index is 5.15. The van der Waals surface area contributed by atoms with Gasteiger partial charge in [-0.25, -0.2) is 0 Å². The first-order chi connectivity index (χ1) is 16.3. The molecule has 5 nitrogen and oxygen atoms in total. The van der Waals surface area contributed by atoms with Gasteiger partial charge in [0.25, 0.3) is 11.8 Å². The lowest BCUT2D eigenvalue weighted by atomic mass is 9.72. The van der Waals surface area contributed by atoms with E-state index in [4.69, 9.17) is 10.5 Å². The van der Waals surface area contributed by atoms with Gasteiger partial charge in [0, 0.05) is 20.7 Å². The topological polar surface area (TPSA) is 72.6 Å². The molecule has 202 valence electrons. The zero-order valence-corrected chi connectivity index (χ0v) is 23.5. The highest BCUT2D eigenvalue weighted by Crippen LogP contribution is 2.40. The molecule has 0 spiro atoms. The second kappa shape index (κ2) is 21.2. The average Bonchev–Trinajstić information content (AvgIpc) is 2.80. The summed E-state index contributed by atoms with van der Waals surface area (Å²) in [5, 5.41) is 0. The number of amides is 2. The molecule has 34 heavy (non-hydrogen) atoms. The third-order valence-electron chi connectivity index (χ3n) is 7.27. The van der Waals surface area contributed by atoms with Gasteiger partial charge in [-0.15, -0.1) is 0 Å². The van der Waals surface area contributed by atoms with Crippen LogP contribution >= 0.6 is 0 Å². The van der Waals surface area contributed by atoms with Crippen molar-refractivity contribution in [3.63, 3.8) is 0 Å². The van der Waals surface area contributed by atoms with Gasteiger partial charge >= 0.3 is 0 Å². The molecule has 5 heteroatoms. The molecule has 0 aliphatic rings. The summed E-state index contributed by atoms with van der Waals surface area (Å²) in [5.74, 6) is -1.06. The Morgan fingerprint density at radius 3 is 1.47 bits per heavy atom. The number of nitrogens with zero attached hydrogens (tertiary/aromatic N) is 1. The molecular weight excluding hydrogens is 424 g/mol. The van der Waals surface area contributed by atoms with Crippen molar-refractivity contribution in [2.24, 2.45) is 11.1 Å². The Bertz CT molecular complexity index is 492. The summed E-state index contributed by atoms with van der Waals surface area (Å²) in [4.78, 5) is 25.6. The van der Waals surface area contributed by atoms with E-state index >= 15 is 0 Å². The minimum absolute atomic E-state index is 0.244. The summed E-state index contributed by atoms with van der Waals surface area (Å²) >= 11 is 0. The van der Waals surface area contributed by atoms with Crippen LogP contribution in [0.25, 0.3) is 0 Å². The summed E-state index contributed by atoms with van der Waals surface area (Å²) in [6.07, 6.45) is 22.8. The SMILES string of the molecule is CCCCCCCCC(CCCCC)(CCCCCCCC)CCOC(C(N)=O)C(=O)N(C)C. The molecule has 0 aliphatic heterocycles. The Kier molecular flexibility index (Phi) is 20.5. The molecule has 0 fully saturated rings. The Morgan fingerprint density at radius 2 is 1.06 bits per heavy atom. The van der Waals surface area contributed by atoms with Crippen LogP contribution in [0, 0.1) is 5.41 Å². The summed E-state index contributed by atoms with van der Waals surface area (Å²) in [7, 11) is 3.27. The van der Waals surface area contributed by atoms with Crippen LogP contribution in [-0.4, -0.2) is 43.5 Å². The normalized spacial score (nSPS) is 12.6. The molecule has 0 saturated carbocycles. The highest BCUT2D eigenvalue weighted by Gasteiger charge is 2.31. The minimum Gasteiger partial charge on any atom is -0.367 e. The first kappa shape index (κ1) is 32.9. The number of carbonyl (C=O) groups excluding carboxylic acids is 2. The van der Waals surface area contributed by atoms with Gasteiger partial charge in [0.2, 0.25) is 6.10 Å². The van der Waals surface area contributed by atoms with Crippen LogP contribution in [0.15, 0.2) is 0 Å². The molecule has 0 aromatic heterocycles. The highest BCUT2D eigenvalue weighted by molar-refractivity contribution is 6.02. The standard InChI is InChI=1S/C29H58N2O3/c1-6-9-12-14-16-19-22-29(21-18-11-8-3,23-20-17-15-13-10-7-2)24-25-34-26(27(30)32)28(33)31(4)5/h26H,6-25H2,1-5H3,(H2,30,32). The predicted octanol–water partition coefficient (Wildman–Crippen LogP) is 7.40. The molecule has 2 N–H and O–H groups in total. The number of hydrogen-bond donors (Lipinski definition) is 1. The third kappa shape index (κ3) is 15.7. The Hall–Kier alpha value is -1.10. The van der Waals surface area contributed by atoms with Crippen molar-refractivity contribution in [1.82, 2.24) is 4.90 Å². The summed E-state index contributed by atoms with van der Waals surface area (Å²) in [6, 6.07) is 0. The van der Waals surface area contributed by atoms with E-state index in [0.717, 1.165) is 6.42 Å². The van der Waals surface area contributed by atoms with Gasteiger partial charge in [-0.05, 0) is 31.1 Å². The maximum atomic E-state index is 12.3. The van der Waals surface area contributed by atoms with E-state index in [1.54, 1.807) is 14.1 Å². The van der Waals surface area contributed by atoms with Crippen molar-refractivity contribution in [2.45, 2.75) is 149 Å². The van der Waals surface area contributed by atoms with Crippen LogP contribution in [0.2, 0.25) is 0 Å². The number of unbranched alkanes of at least 4 members (excludes halogenated alkanes) is 12. The van der Waals surface area contributed by atoms with Gasteiger partial charge in [-0.2, -0.15) is 0 Å². The molecule has 0 radical (unpaired) electrons. The molecule has 0 heterocycles. The number of likely N-dealkylation sites (N-methyl/N-ethyl adjacent to an activating group) is 1. The van der Waals surface area contributed by atoms with Crippen molar-refractivity contribution >= 4 is 11.8 Å². The van der Waals surface area contributed by atoms with Crippen LogP contribution in [0.4, 0.5) is 0 Å². The zero-order chi connectivity index (χ0) is 25.7. The number of hydrogen-bond acceptors (Lipinski definition) is 3. The predicted molar refractivity (Wildman–Crippen MR) is 145 cm³/mol. The fourth-order valence-corrected chi connectivity index (χ4v) is 4.96. The average molecular weight is 483 g/mol. The minimum atomic E-state index is -1.17. The quantitative estimate of drug-likeness (QED) is 0.115. The number of rotatable bonds is 24. The first-order valence-corrected chi connectivity index (χ1v) is 14.5. The smallest absolute Gasteiger partial charge is 0.260 e. The van der Waals surface area contributed by atoms with Gasteiger partial charge in [-0.1, -0.05) is 117 Å². The van der Waals surface area contributed by atoms with E-state index in [9.17, 15) is 9.59 Å². The van der Waals surface area contributed by atoms with E-state index < -0.39 is 12.0 Å². The summed E-state index contributed by atoms with van der Waals surface area (Å²) in [6.45, 7) is 7.21. The van der Waals surface area contributed by atoms with Crippen molar-refractivity contribution in [3.8, 4) is 0 Å². The van der Waals surface area contributed by atoms with Gasteiger partial charge in [0.05, 0.1) is 0 Å². The maximum Gasteiger partial charge on any atom is 0.260 e. The highest BCUT2D eigenvalue weighted by atomic mass is 16.5. The zero-order valence-electron chi connectivity index (χ0n) is 23.5. The summed E-state index contributed by atoms with van der Waals surface area (Å²) < 4.78 is 5.84. The van der Waals surface area contributed by atoms with Crippen LogP contribution in [-0.2, 0) is 14.3 Å². The lowest BCUT2D eigenvalue weighted by molar-refractivity contribution is -0.149. The van der Waals surface area contributed by atoms with Crippen LogP contribution < -0.4 is 5.73 Å². The molecule has 2 amide bonds. The van der Waals surface area contributed by atoms with Gasteiger partial charge in [-0.3, -0.25) is 9.59 Å². The molecule has 0 aromatic rings. The van der Waals surface area contributed by atoms with E-state index in [0.29, 0.717) is 6.61 Å². The molecule has 0 aliphatic carbocycles. The monoisotopic (exact) mass is 482 g/mol. The molecule has 0 bridgehead atoms. The molecule has 0 saturated heterocycles. The lowest BCUT2D eigenvalue weighted by Gasteiger charge is -2.35. The lowest BCUT2D eigenvalue weighted by Crippen LogP contribution is -2.45. The van der Waals surface area contributed by atoms with Gasteiger partial charge in [0.1, 0.15) is 0 Å². The fraction of sp³-hybridized carbons (Fsp3) is 0.931. The fourth-order valence-electron chi connectivity index (χ4n) is 4.96. The van der Waals surface area contributed by atoms with Gasteiger partial charge in [0.15, 0.2) is 0 Å². The number of carbonyl (C=O) groups is 2. The van der Waals surface area contributed by atoms with Crippen molar-refractivity contribution in [1.29, 1.82) is 0 Å². The molecule has 1 unspecified atom stereocenters. The maximum absolute atomic E-state index is 12.3. The second-order valence-electron chi connectivity index (χ2n) is 10.6. The summed E-state index contributed by atoms with van der Waals surface area (Å²) in [5.41, 5.74) is 5.73. The third-order valence-corrected chi connectivity index (χ3v) is 7.27. The first-order valence-electron chi connectivity index (χ1n) is 14.5. The molecule has 1 atom stereocenters. The molecule has 0 rings (SSSR count). The van der Waals surface area contributed by atoms with Crippen molar-refractivity contribution in [3.05, 3.63) is 0 Å². The second-order valence-corrected chi connectivity index (χ2v) is 10.6. The van der Waals surface area contributed by atoms with E-state index in [1.807, 2.05) is 0 Å². The van der Waals surface area contributed by atoms with Crippen molar-refractivity contribution in [2.75, 3.05) is 20.7 Å². The Labute approximate surface area is 211 Å².